The Balaban J connectivity index is 2.62. The van der Waals surface area contributed by atoms with Crippen molar-refractivity contribution in [2.45, 2.75) is 39.5 Å². The molecule has 0 aliphatic rings. The van der Waals surface area contributed by atoms with Crippen molar-refractivity contribution in [3.63, 3.8) is 0 Å². The van der Waals surface area contributed by atoms with E-state index in [9.17, 15) is 0 Å². The number of anilines is 1. The van der Waals surface area contributed by atoms with Gasteiger partial charge in [0, 0.05) is 19.0 Å². The maximum absolute atomic E-state index is 5.91. The van der Waals surface area contributed by atoms with Crippen molar-refractivity contribution in [1.82, 2.24) is 9.97 Å². The molecule has 0 spiro atoms. The van der Waals surface area contributed by atoms with Crippen molar-refractivity contribution in [2.24, 2.45) is 0 Å². The number of hydrogen-bond donors (Lipinski definition) is 1. The number of rotatable bonds is 6. The molecule has 15 heavy (non-hydrogen) atoms. The number of halogens is 1. The second-order valence-corrected chi connectivity index (χ2v) is 3.91. The Hall–Kier alpha value is -0.830. The van der Waals surface area contributed by atoms with Crippen LogP contribution in [0.25, 0.3) is 0 Å². The van der Waals surface area contributed by atoms with Crippen molar-refractivity contribution in [3.8, 4) is 0 Å². The van der Waals surface area contributed by atoms with Gasteiger partial charge in [-0.25, -0.2) is 9.97 Å². The molecule has 0 saturated heterocycles. The molecule has 0 bridgehead atoms. The molecule has 1 rings (SSSR count). The van der Waals surface area contributed by atoms with Gasteiger partial charge in [-0.1, -0.05) is 31.9 Å². The van der Waals surface area contributed by atoms with Crippen LogP contribution < -0.4 is 5.32 Å². The van der Waals surface area contributed by atoms with Crippen molar-refractivity contribution < 1.29 is 0 Å². The van der Waals surface area contributed by atoms with Gasteiger partial charge in [-0.2, -0.15) is 0 Å². The van der Waals surface area contributed by atoms with E-state index in [-0.39, 0.29) is 0 Å². The van der Waals surface area contributed by atoms with E-state index in [1.54, 1.807) is 6.07 Å². The van der Waals surface area contributed by atoms with Crippen LogP contribution in [-0.2, 0) is 6.42 Å². The highest BCUT2D eigenvalue weighted by atomic mass is 35.5. The first-order valence-electron chi connectivity index (χ1n) is 5.53. The Bertz CT molecular complexity index is 302. The van der Waals surface area contributed by atoms with Gasteiger partial charge in [0.05, 0.1) is 0 Å². The van der Waals surface area contributed by atoms with Gasteiger partial charge < -0.3 is 5.32 Å². The molecule has 0 aromatic carbocycles. The van der Waals surface area contributed by atoms with Gasteiger partial charge in [-0.15, -0.1) is 0 Å². The van der Waals surface area contributed by atoms with Crippen molar-refractivity contribution >= 4 is 17.4 Å². The monoisotopic (exact) mass is 227 g/mol. The van der Waals surface area contributed by atoms with Crippen LogP contribution in [0.1, 0.15) is 38.9 Å². The molecule has 0 saturated carbocycles. The second kappa shape index (κ2) is 6.62. The summed E-state index contributed by atoms with van der Waals surface area (Å²) in [6.45, 7) is 5.21. The number of unbranched alkanes of at least 4 members (excludes halogenated alkanes) is 1. The third-order valence-electron chi connectivity index (χ3n) is 2.05. The summed E-state index contributed by atoms with van der Waals surface area (Å²) in [5.41, 5.74) is 0. The van der Waals surface area contributed by atoms with E-state index in [4.69, 9.17) is 11.6 Å². The third kappa shape index (κ3) is 4.47. The van der Waals surface area contributed by atoms with Gasteiger partial charge >= 0.3 is 0 Å². The van der Waals surface area contributed by atoms with E-state index in [1.807, 2.05) is 0 Å². The Morgan fingerprint density at radius 2 is 2.07 bits per heavy atom. The number of nitrogens with one attached hydrogen (secondary N) is 1. The number of hydrogen-bond acceptors (Lipinski definition) is 3. The Labute approximate surface area is 96.3 Å². The van der Waals surface area contributed by atoms with Crippen LogP contribution in [0.2, 0.25) is 5.15 Å². The summed E-state index contributed by atoms with van der Waals surface area (Å²) in [7, 11) is 0. The van der Waals surface area contributed by atoms with Crippen LogP contribution in [0.15, 0.2) is 6.07 Å². The molecule has 0 fully saturated rings. The summed E-state index contributed by atoms with van der Waals surface area (Å²) < 4.78 is 0. The first-order valence-corrected chi connectivity index (χ1v) is 5.91. The molecule has 1 heterocycles. The summed E-state index contributed by atoms with van der Waals surface area (Å²) in [6.07, 6.45) is 4.23. The van der Waals surface area contributed by atoms with Gasteiger partial charge in [0.2, 0.25) is 0 Å². The lowest BCUT2D eigenvalue weighted by atomic mass is 10.3. The zero-order chi connectivity index (χ0) is 11.1. The second-order valence-electron chi connectivity index (χ2n) is 3.52. The smallest absolute Gasteiger partial charge is 0.134 e. The summed E-state index contributed by atoms with van der Waals surface area (Å²) in [5.74, 6) is 1.66. The molecule has 0 atom stereocenters. The van der Waals surface area contributed by atoms with Crippen LogP contribution in [0.4, 0.5) is 5.82 Å². The van der Waals surface area contributed by atoms with Crippen molar-refractivity contribution in [2.75, 3.05) is 11.9 Å². The molecule has 0 radical (unpaired) electrons. The highest BCUT2D eigenvalue weighted by Gasteiger charge is 2.01. The molecule has 1 aromatic rings. The van der Waals surface area contributed by atoms with E-state index in [0.29, 0.717) is 5.15 Å². The quantitative estimate of drug-likeness (QED) is 0.599. The fourth-order valence-corrected chi connectivity index (χ4v) is 1.48. The number of nitrogens with zero attached hydrogens (tertiary/aromatic N) is 2. The minimum absolute atomic E-state index is 0.521. The van der Waals surface area contributed by atoms with Crippen LogP contribution in [0, 0.1) is 0 Å². The molecule has 4 heteroatoms. The van der Waals surface area contributed by atoms with E-state index in [1.165, 1.54) is 6.42 Å². The van der Waals surface area contributed by atoms with Crippen LogP contribution in [0.3, 0.4) is 0 Å². The Morgan fingerprint density at radius 3 is 2.73 bits per heavy atom. The first-order chi connectivity index (χ1) is 7.26. The van der Waals surface area contributed by atoms with Gasteiger partial charge in [0.1, 0.15) is 16.8 Å². The van der Waals surface area contributed by atoms with Crippen LogP contribution >= 0.6 is 11.6 Å². The molecule has 1 aromatic heterocycles. The molecule has 0 unspecified atom stereocenters. The van der Waals surface area contributed by atoms with Gasteiger partial charge in [0.25, 0.3) is 0 Å². The first kappa shape index (κ1) is 12.2. The minimum atomic E-state index is 0.521. The molecule has 3 nitrogen and oxygen atoms in total. The van der Waals surface area contributed by atoms with E-state index in [0.717, 1.165) is 37.4 Å². The molecule has 0 aliphatic heterocycles. The average Bonchev–Trinajstić information content (AvgIpc) is 2.18. The summed E-state index contributed by atoms with van der Waals surface area (Å²) in [4.78, 5) is 8.55. The summed E-state index contributed by atoms with van der Waals surface area (Å²) in [5, 5.41) is 3.77. The molecular weight excluding hydrogens is 210 g/mol. The topological polar surface area (TPSA) is 37.8 Å². The molecule has 0 aliphatic carbocycles. The molecular formula is C11H18ClN3. The molecule has 1 N–H and O–H groups in total. The highest BCUT2D eigenvalue weighted by molar-refractivity contribution is 6.29. The van der Waals surface area contributed by atoms with E-state index >= 15 is 0 Å². The largest absolute Gasteiger partial charge is 0.370 e. The standard InChI is InChI=1S/C11H18ClN3/c1-3-5-7-13-11-8-9(12)14-10(15-11)6-4-2/h8H,3-7H2,1-2H3,(H,13,14,15). The summed E-state index contributed by atoms with van der Waals surface area (Å²) in [6, 6.07) is 1.77. The zero-order valence-electron chi connectivity index (χ0n) is 9.39. The number of aryl methyl sites for hydroxylation is 1. The predicted molar refractivity (Wildman–Crippen MR) is 64.4 cm³/mol. The third-order valence-corrected chi connectivity index (χ3v) is 2.24. The lowest BCUT2D eigenvalue weighted by Gasteiger charge is -2.06. The average molecular weight is 228 g/mol. The number of aromatic nitrogens is 2. The van der Waals surface area contributed by atoms with Gasteiger partial charge in [0.15, 0.2) is 0 Å². The molecule has 0 amide bonds. The lowest BCUT2D eigenvalue weighted by Crippen LogP contribution is -2.05. The predicted octanol–water partition coefficient (Wildman–Crippen LogP) is 3.29. The summed E-state index contributed by atoms with van der Waals surface area (Å²) >= 11 is 5.91. The SMILES string of the molecule is CCCCNc1cc(Cl)nc(CCC)n1. The normalized spacial score (nSPS) is 10.3. The van der Waals surface area contributed by atoms with Crippen molar-refractivity contribution in [1.29, 1.82) is 0 Å². The lowest BCUT2D eigenvalue weighted by molar-refractivity contribution is 0.813. The molecule has 84 valence electrons. The maximum atomic E-state index is 5.91. The Morgan fingerprint density at radius 1 is 1.27 bits per heavy atom. The van der Waals surface area contributed by atoms with E-state index in [2.05, 4.69) is 29.1 Å². The zero-order valence-corrected chi connectivity index (χ0v) is 10.1. The maximum Gasteiger partial charge on any atom is 0.134 e. The van der Waals surface area contributed by atoms with Gasteiger partial charge in [-0.3, -0.25) is 0 Å². The highest BCUT2D eigenvalue weighted by Crippen LogP contribution is 2.12. The fraction of sp³-hybridized carbons (Fsp3) is 0.636. The van der Waals surface area contributed by atoms with E-state index < -0.39 is 0 Å². The van der Waals surface area contributed by atoms with Crippen molar-refractivity contribution in [3.05, 3.63) is 17.0 Å². The fourth-order valence-electron chi connectivity index (χ4n) is 1.28. The van der Waals surface area contributed by atoms with Crippen LogP contribution in [-0.4, -0.2) is 16.5 Å². The van der Waals surface area contributed by atoms with Gasteiger partial charge in [-0.05, 0) is 12.8 Å². The van der Waals surface area contributed by atoms with Crippen LogP contribution in [0.5, 0.6) is 0 Å². The minimum Gasteiger partial charge on any atom is -0.370 e. The Kier molecular flexibility index (Phi) is 5.40.